The van der Waals surface area contributed by atoms with Gasteiger partial charge in [-0.2, -0.15) is 0 Å². The van der Waals surface area contributed by atoms with Crippen molar-refractivity contribution < 1.29 is 20.5 Å². The summed E-state index contributed by atoms with van der Waals surface area (Å²) in [7, 11) is 0. The minimum atomic E-state index is -1.03. The van der Waals surface area contributed by atoms with Crippen LogP contribution in [-0.2, 0) is 21.5 Å². The predicted octanol–water partition coefficient (Wildman–Crippen LogP) is 2.97. The van der Waals surface area contributed by atoms with Gasteiger partial charge in [0.2, 0.25) is 11.8 Å². The highest BCUT2D eigenvalue weighted by Gasteiger charge is 2.31. The van der Waals surface area contributed by atoms with Crippen LogP contribution >= 0.6 is 0 Å². The summed E-state index contributed by atoms with van der Waals surface area (Å²) in [4.78, 5) is 44.4. The lowest BCUT2D eigenvalue weighted by Crippen LogP contribution is -2.50. The molecule has 0 heterocycles. The van der Waals surface area contributed by atoms with Crippen LogP contribution in [0.2, 0.25) is 0 Å². The minimum absolute atomic E-state index is 0. The first-order valence-electron chi connectivity index (χ1n) is 14.5. The second kappa shape index (κ2) is 15.4. The molecule has 0 fully saturated rings. The maximum atomic E-state index is 14.1. The van der Waals surface area contributed by atoms with Gasteiger partial charge in [0.05, 0.1) is 6.54 Å². The maximum Gasteiger partial charge on any atom is 0.254 e. The summed E-state index contributed by atoms with van der Waals surface area (Å²) in [6.45, 7) is 6.25. The third-order valence-electron chi connectivity index (χ3n) is 6.93. The molecule has 0 aromatic heterocycles. The zero-order valence-electron chi connectivity index (χ0n) is 25.9. The minimum Gasteiger partial charge on any atom is -0.457 e. The van der Waals surface area contributed by atoms with E-state index in [4.69, 9.17) is 33.1 Å². The highest BCUT2D eigenvalue weighted by molar-refractivity contribution is 6.01. The van der Waals surface area contributed by atoms with Crippen LogP contribution in [0.1, 0.15) is 62.1 Å². The summed E-state index contributed by atoms with van der Waals surface area (Å²) in [5, 5.41) is 10.3. The second-order valence-corrected chi connectivity index (χ2v) is 11.6. The van der Waals surface area contributed by atoms with Crippen molar-refractivity contribution in [2.45, 2.75) is 51.6 Å². The number of benzene rings is 3. The van der Waals surface area contributed by atoms with Crippen molar-refractivity contribution in [3.05, 3.63) is 95.1 Å². The number of hydrogen-bond acceptors (Lipinski definition) is 6. The summed E-state index contributed by atoms with van der Waals surface area (Å²) in [6.07, 6.45) is 0.535. The number of aliphatic imine (C=N–C) groups is 1. The molecule has 45 heavy (non-hydrogen) atoms. The van der Waals surface area contributed by atoms with Crippen molar-refractivity contribution in [1.82, 2.24) is 10.2 Å². The number of hydrogen-bond donors (Lipinski definition) is 6. The first-order valence-corrected chi connectivity index (χ1v) is 14.5. The predicted molar refractivity (Wildman–Crippen MR) is 177 cm³/mol. The normalized spacial score (nSPS) is 11.6. The van der Waals surface area contributed by atoms with E-state index in [2.05, 4.69) is 31.1 Å². The van der Waals surface area contributed by atoms with Crippen LogP contribution in [0.5, 0.6) is 11.5 Å². The summed E-state index contributed by atoms with van der Waals surface area (Å²) in [5.41, 5.74) is 24.3. The second-order valence-electron chi connectivity index (χ2n) is 11.6. The molecule has 0 saturated heterocycles. The van der Waals surface area contributed by atoms with Crippen molar-refractivity contribution in [1.29, 1.82) is 5.41 Å². The van der Waals surface area contributed by atoms with E-state index in [1.807, 2.05) is 30.3 Å². The molecule has 0 aliphatic carbocycles. The molecule has 0 spiro atoms. The monoisotopic (exact) mass is 616 g/mol. The van der Waals surface area contributed by atoms with E-state index < -0.39 is 30.3 Å². The Labute approximate surface area is 264 Å². The standard InChI is InChI=1S/C33H42N8O4.H2/c1-33(2,3)24-12-14-25(15-13-24)45-26-10-4-7-21(17-26)20-41(31(44)23-9-5-8-22(18-23)29(35)36)27(11-6-16-39-32(37)38)30(43)40-19-28(34)42;/h4-5,7-10,12-15,17-18,27H,6,11,16,19-20H2,1-3H3,(H2,34,42)(H3,35,36)(H,40,43)(H4,37,38,39);1H. The van der Waals surface area contributed by atoms with Gasteiger partial charge in [-0.3, -0.25) is 24.8 Å². The number of primary amides is 1. The lowest BCUT2D eigenvalue weighted by molar-refractivity contribution is -0.128. The molecule has 0 bridgehead atoms. The van der Waals surface area contributed by atoms with E-state index >= 15 is 0 Å². The number of amidine groups is 1. The number of nitrogen functional groups attached to an aromatic ring is 1. The first-order chi connectivity index (χ1) is 21.2. The number of ether oxygens (including phenoxy) is 1. The van der Waals surface area contributed by atoms with Crippen LogP contribution in [0.3, 0.4) is 0 Å². The Morgan fingerprint density at radius 3 is 2.22 bits per heavy atom. The van der Waals surface area contributed by atoms with E-state index in [-0.39, 0.29) is 43.7 Å². The number of guanidine groups is 1. The fraction of sp³-hybridized carbons (Fsp3) is 0.303. The van der Waals surface area contributed by atoms with Crippen LogP contribution < -0.4 is 33.0 Å². The van der Waals surface area contributed by atoms with E-state index in [0.29, 0.717) is 29.0 Å². The van der Waals surface area contributed by atoms with Gasteiger partial charge in [0.15, 0.2) is 5.96 Å². The Morgan fingerprint density at radius 2 is 1.60 bits per heavy atom. The first kappa shape index (κ1) is 34.1. The molecular weight excluding hydrogens is 572 g/mol. The van der Waals surface area contributed by atoms with Gasteiger partial charge in [-0.25, -0.2) is 0 Å². The lowest BCUT2D eigenvalue weighted by Gasteiger charge is -2.31. The molecule has 240 valence electrons. The Morgan fingerprint density at radius 1 is 0.933 bits per heavy atom. The molecule has 0 aliphatic rings. The van der Waals surface area contributed by atoms with Gasteiger partial charge in [0, 0.05) is 25.6 Å². The number of amides is 3. The number of carbonyl (C=O) groups is 3. The Hall–Kier alpha value is -5.39. The van der Waals surface area contributed by atoms with Crippen LogP contribution in [0, 0.1) is 5.41 Å². The van der Waals surface area contributed by atoms with Crippen molar-refractivity contribution in [3.8, 4) is 11.5 Å². The number of rotatable bonds is 14. The van der Waals surface area contributed by atoms with E-state index in [1.54, 1.807) is 36.4 Å². The molecule has 3 aromatic rings. The highest BCUT2D eigenvalue weighted by atomic mass is 16.5. The fourth-order valence-corrected chi connectivity index (χ4v) is 4.59. The average Bonchev–Trinajstić information content (AvgIpc) is 2.98. The Bertz CT molecular complexity index is 1550. The molecule has 0 radical (unpaired) electrons. The quantitative estimate of drug-likeness (QED) is 0.0903. The van der Waals surface area contributed by atoms with Gasteiger partial charge >= 0.3 is 0 Å². The van der Waals surface area contributed by atoms with Crippen LogP contribution in [0.15, 0.2) is 77.8 Å². The zero-order chi connectivity index (χ0) is 33.1. The molecule has 10 N–H and O–H groups in total. The summed E-state index contributed by atoms with van der Waals surface area (Å²) < 4.78 is 6.12. The van der Waals surface area contributed by atoms with Gasteiger partial charge in [-0.1, -0.05) is 57.2 Å². The van der Waals surface area contributed by atoms with E-state index in [9.17, 15) is 14.4 Å². The Kier molecular flexibility index (Phi) is 11.6. The Balaban J connectivity index is 0.00000736. The molecule has 12 heteroatoms. The van der Waals surface area contributed by atoms with Crippen LogP contribution in [-0.4, -0.2) is 53.5 Å². The zero-order valence-corrected chi connectivity index (χ0v) is 25.9. The van der Waals surface area contributed by atoms with Gasteiger partial charge in [-0.05, 0) is 65.8 Å². The number of nitrogens with two attached hydrogens (primary N) is 4. The topological polar surface area (TPSA) is 216 Å². The molecule has 1 atom stereocenters. The molecule has 3 rings (SSSR count). The molecule has 0 saturated carbocycles. The number of carbonyl (C=O) groups excluding carboxylic acids is 3. The third kappa shape index (κ3) is 10.4. The largest absolute Gasteiger partial charge is 0.457 e. The third-order valence-corrected chi connectivity index (χ3v) is 6.93. The molecule has 0 aliphatic heterocycles. The van der Waals surface area contributed by atoms with Crippen molar-refractivity contribution in [3.63, 3.8) is 0 Å². The molecule has 1 unspecified atom stereocenters. The van der Waals surface area contributed by atoms with Crippen LogP contribution in [0.25, 0.3) is 0 Å². The summed E-state index contributed by atoms with van der Waals surface area (Å²) in [5.74, 6) is -0.880. The van der Waals surface area contributed by atoms with E-state index in [1.165, 1.54) is 16.5 Å². The van der Waals surface area contributed by atoms with Crippen molar-refractivity contribution >= 4 is 29.5 Å². The van der Waals surface area contributed by atoms with Gasteiger partial charge in [0.25, 0.3) is 5.91 Å². The molecule has 3 amide bonds. The molecular formula is C33H44N8O4. The van der Waals surface area contributed by atoms with Crippen LogP contribution in [0.4, 0.5) is 0 Å². The summed E-state index contributed by atoms with van der Waals surface area (Å²) in [6, 6.07) is 20.3. The van der Waals surface area contributed by atoms with E-state index in [0.717, 1.165) is 0 Å². The highest BCUT2D eigenvalue weighted by Crippen LogP contribution is 2.28. The number of nitrogens with zero attached hydrogens (tertiary/aromatic N) is 2. The maximum absolute atomic E-state index is 14.1. The SMILES string of the molecule is CC(C)(C)c1ccc(Oc2cccc(CN(C(=O)c3cccc(C(=N)N)c3)C(CCCN=C(N)N)C(=O)NCC(N)=O)c2)cc1.[HH]. The van der Waals surface area contributed by atoms with Crippen molar-refractivity contribution in [2.24, 2.45) is 27.9 Å². The lowest BCUT2D eigenvalue weighted by atomic mass is 9.87. The van der Waals surface area contributed by atoms with Gasteiger partial charge < -0.3 is 37.9 Å². The van der Waals surface area contributed by atoms with Gasteiger partial charge in [0.1, 0.15) is 23.4 Å². The fourth-order valence-electron chi connectivity index (χ4n) is 4.59. The van der Waals surface area contributed by atoms with Gasteiger partial charge in [-0.15, -0.1) is 0 Å². The van der Waals surface area contributed by atoms with Crippen molar-refractivity contribution in [2.75, 3.05) is 13.1 Å². The number of nitrogens with one attached hydrogen (secondary N) is 2. The average molecular weight is 617 g/mol. The smallest absolute Gasteiger partial charge is 0.254 e. The molecule has 3 aromatic carbocycles. The molecule has 12 nitrogen and oxygen atoms in total. The summed E-state index contributed by atoms with van der Waals surface area (Å²) >= 11 is 0.